The van der Waals surface area contributed by atoms with E-state index in [1.54, 1.807) is 38.3 Å². The smallest absolute Gasteiger partial charge is 0.306 e. The molecule has 2 N–H and O–H groups in total. The summed E-state index contributed by atoms with van der Waals surface area (Å²) in [5.74, 6) is -1.32. The number of methoxy groups -OCH3 is 3. The van der Waals surface area contributed by atoms with Crippen LogP contribution in [-0.2, 0) is 20.8 Å². The predicted molar refractivity (Wildman–Crippen MR) is 123 cm³/mol. The van der Waals surface area contributed by atoms with E-state index in [1.165, 1.54) is 24.9 Å². The van der Waals surface area contributed by atoms with Crippen LogP contribution in [0.25, 0.3) is 10.9 Å². The van der Waals surface area contributed by atoms with Gasteiger partial charge in [0.05, 0.1) is 31.7 Å². The fourth-order valence-corrected chi connectivity index (χ4v) is 3.94. The molecule has 1 unspecified atom stereocenters. The number of fused-ring (bicyclic) bond motifs is 1. The van der Waals surface area contributed by atoms with E-state index >= 15 is 0 Å². The molecule has 0 radical (unpaired) electrons. The summed E-state index contributed by atoms with van der Waals surface area (Å²) < 4.78 is 16.6. The number of ether oxygens (including phenoxy) is 3. The van der Waals surface area contributed by atoms with Gasteiger partial charge >= 0.3 is 5.97 Å². The van der Waals surface area contributed by atoms with E-state index in [0.717, 1.165) is 0 Å². The average molecular weight is 456 g/mol. The van der Waals surface area contributed by atoms with Crippen molar-refractivity contribution in [1.29, 1.82) is 0 Å². The van der Waals surface area contributed by atoms with Crippen molar-refractivity contribution < 1.29 is 24.1 Å². The normalized spacial score (nSPS) is 12.0. The summed E-state index contributed by atoms with van der Waals surface area (Å²) in [5.41, 5.74) is 0.319. The lowest BCUT2D eigenvalue weighted by atomic mass is 9.88. The summed E-state index contributed by atoms with van der Waals surface area (Å²) in [6.45, 7) is 2.54. The van der Waals surface area contributed by atoms with E-state index in [1.807, 2.05) is 0 Å². The van der Waals surface area contributed by atoms with Gasteiger partial charge in [0.1, 0.15) is 11.5 Å². The van der Waals surface area contributed by atoms with Crippen molar-refractivity contribution >= 4 is 16.9 Å². The zero-order valence-electron chi connectivity index (χ0n) is 19.1. The molecule has 3 rings (SSSR count). The highest BCUT2D eigenvalue weighted by Crippen LogP contribution is 2.32. The number of aryl methyl sites for hydroxylation is 1. The topological polar surface area (TPSA) is 120 Å². The fraction of sp³-hybridized carbons (Fsp3) is 0.375. The summed E-state index contributed by atoms with van der Waals surface area (Å²) in [4.78, 5) is 41.5. The van der Waals surface area contributed by atoms with E-state index in [-0.39, 0.29) is 23.3 Å². The van der Waals surface area contributed by atoms with Gasteiger partial charge in [-0.15, -0.1) is 0 Å². The van der Waals surface area contributed by atoms with E-state index in [4.69, 9.17) is 14.2 Å². The molecule has 0 bridgehead atoms. The first-order valence-corrected chi connectivity index (χ1v) is 10.5. The molecule has 3 aromatic rings. The fourth-order valence-electron chi connectivity index (χ4n) is 3.94. The molecule has 2 aromatic heterocycles. The summed E-state index contributed by atoms with van der Waals surface area (Å²) >= 11 is 0. The van der Waals surface area contributed by atoms with Crippen LogP contribution in [0.3, 0.4) is 0 Å². The van der Waals surface area contributed by atoms with Crippen molar-refractivity contribution in [2.24, 2.45) is 0 Å². The molecule has 0 aliphatic heterocycles. The van der Waals surface area contributed by atoms with Gasteiger partial charge in [-0.05, 0) is 43.0 Å². The van der Waals surface area contributed by atoms with Crippen molar-refractivity contribution in [3.63, 3.8) is 0 Å². The highest BCUT2D eigenvalue weighted by atomic mass is 16.5. The van der Waals surface area contributed by atoms with Gasteiger partial charge in [-0.2, -0.15) is 0 Å². The average Bonchev–Trinajstić information content (AvgIpc) is 2.79. The number of rotatable bonds is 9. The number of carbonyl (C=O) groups excluding carboxylic acids is 1. The number of aromatic nitrogens is 2. The maximum Gasteiger partial charge on any atom is 0.306 e. The van der Waals surface area contributed by atoms with Crippen molar-refractivity contribution in [1.82, 2.24) is 9.55 Å². The number of aromatic amines is 1. The van der Waals surface area contributed by atoms with Crippen LogP contribution in [0.1, 0.15) is 35.6 Å². The van der Waals surface area contributed by atoms with Crippen molar-refractivity contribution in [3.05, 3.63) is 67.9 Å². The lowest BCUT2D eigenvalue weighted by molar-refractivity contribution is -0.140. The van der Waals surface area contributed by atoms with Gasteiger partial charge in [-0.25, -0.2) is 0 Å². The maximum atomic E-state index is 13.4. The van der Waals surface area contributed by atoms with Gasteiger partial charge in [-0.3, -0.25) is 14.4 Å². The number of nitrogens with zero attached hydrogens (tertiary/aromatic N) is 1. The van der Waals surface area contributed by atoms with Crippen LogP contribution in [0.4, 0.5) is 0 Å². The zero-order chi connectivity index (χ0) is 24.1. The molecule has 9 heteroatoms. The molecular weight excluding hydrogens is 428 g/mol. The number of pyridine rings is 2. The number of nitrogens with one attached hydrogen (secondary N) is 1. The third kappa shape index (κ3) is 5.09. The minimum absolute atomic E-state index is 0.0261. The number of benzene rings is 1. The van der Waals surface area contributed by atoms with Gasteiger partial charge in [0.2, 0.25) is 0 Å². The third-order valence-electron chi connectivity index (χ3n) is 5.66. The standard InChI is InChI=1S/C24H28N2O7/c1-14-10-20(27)22(24(30)26(14)8-5-9-31-2)17(13-21(28)33-4)18-11-15-6-7-16(32-3)12-19(15)25-23(18)29/h6-7,10-12,17,27H,5,8-9,13H2,1-4H3,(H,25,29). The number of aromatic hydroxyl groups is 1. The Morgan fingerprint density at radius 1 is 1.15 bits per heavy atom. The van der Waals surface area contributed by atoms with Crippen molar-refractivity contribution in [2.75, 3.05) is 27.9 Å². The monoisotopic (exact) mass is 456 g/mol. The van der Waals surface area contributed by atoms with E-state index in [2.05, 4.69) is 4.98 Å². The molecule has 176 valence electrons. The van der Waals surface area contributed by atoms with Crippen molar-refractivity contribution in [3.8, 4) is 11.5 Å². The van der Waals surface area contributed by atoms with Crippen LogP contribution in [0, 0.1) is 6.92 Å². The molecular formula is C24H28N2O7. The molecule has 0 fully saturated rings. The van der Waals surface area contributed by atoms with E-state index in [9.17, 15) is 19.5 Å². The molecule has 33 heavy (non-hydrogen) atoms. The van der Waals surface area contributed by atoms with Gasteiger partial charge in [0.15, 0.2) is 0 Å². The van der Waals surface area contributed by atoms with Crippen LogP contribution in [0.2, 0.25) is 0 Å². The van der Waals surface area contributed by atoms with E-state index in [0.29, 0.717) is 41.9 Å². The number of esters is 1. The molecule has 9 nitrogen and oxygen atoms in total. The second-order valence-electron chi connectivity index (χ2n) is 7.73. The number of hydrogen-bond donors (Lipinski definition) is 2. The van der Waals surface area contributed by atoms with Gasteiger partial charge in [0, 0.05) is 43.5 Å². The minimum atomic E-state index is -1.01. The van der Waals surface area contributed by atoms with Gasteiger partial charge in [0.25, 0.3) is 11.1 Å². The summed E-state index contributed by atoms with van der Waals surface area (Å²) in [6.07, 6.45) is 0.298. The highest BCUT2D eigenvalue weighted by molar-refractivity contribution is 5.81. The van der Waals surface area contributed by atoms with Gasteiger partial charge in [-0.1, -0.05) is 0 Å². The first-order valence-electron chi connectivity index (χ1n) is 10.5. The second kappa shape index (κ2) is 10.4. The van der Waals surface area contributed by atoms with E-state index < -0.39 is 23.0 Å². The number of hydrogen-bond acceptors (Lipinski definition) is 7. The van der Waals surface area contributed by atoms with Gasteiger partial charge < -0.3 is 28.9 Å². The molecule has 1 aromatic carbocycles. The largest absolute Gasteiger partial charge is 0.507 e. The van der Waals surface area contributed by atoms with Crippen LogP contribution >= 0.6 is 0 Å². The quantitative estimate of drug-likeness (QED) is 0.375. The third-order valence-corrected chi connectivity index (χ3v) is 5.66. The Morgan fingerprint density at radius 3 is 2.58 bits per heavy atom. The lowest BCUT2D eigenvalue weighted by Gasteiger charge is -2.20. The van der Waals surface area contributed by atoms with Crippen LogP contribution in [0.15, 0.2) is 39.9 Å². The molecule has 0 aliphatic rings. The predicted octanol–water partition coefficient (Wildman–Crippen LogP) is 2.44. The Morgan fingerprint density at radius 2 is 1.91 bits per heavy atom. The van der Waals surface area contributed by atoms with Crippen LogP contribution < -0.4 is 15.9 Å². The van der Waals surface area contributed by atoms with Crippen molar-refractivity contribution in [2.45, 2.75) is 32.2 Å². The Labute approximate surface area is 190 Å². The SMILES string of the molecule is COCCCn1c(C)cc(O)c(C(CC(=O)OC)c2cc3ccc(OC)cc3[nH]c2=O)c1=O. The molecule has 2 heterocycles. The Hall–Kier alpha value is -3.59. The van der Waals surface area contributed by atoms with Crippen LogP contribution in [-0.4, -0.2) is 48.6 Å². The summed E-state index contributed by atoms with van der Waals surface area (Å²) in [7, 11) is 4.33. The molecule has 1 atom stereocenters. The summed E-state index contributed by atoms with van der Waals surface area (Å²) in [6, 6.07) is 8.28. The Balaban J connectivity index is 2.21. The Bertz CT molecular complexity index is 1280. The molecule has 0 saturated carbocycles. The Kier molecular flexibility index (Phi) is 7.55. The first kappa shape index (κ1) is 24.1. The lowest BCUT2D eigenvalue weighted by Crippen LogP contribution is -2.31. The number of carbonyl (C=O) groups is 1. The van der Waals surface area contributed by atoms with Crippen LogP contribution in [0.5, 0.6) is 11.5 Å². The molecule has 0 aliphatic carbocycles. The first-order chi connectivity index (χ1) is 15.8. The number of H-pyrrole nitrogens is 1. The maximum absolute atomic E-state index is 13.4. The minimum Gasteiger partial charge on any atom is -0.507 e. The highest BCUT2D eigenvalue weighted by Gasteiger charge is 2.29. The molecule has 0 saturated heterocycles. The second-order valence-corrected chi connectivity index (χ2v) is 7.73. The molecule has 0 spiro atoms. The zero-order valence-corrected chi connectivity index (χ0v) is 19.1. The molecule has 0 amide bonds. The summed E-state index contributed by atoms with van der Waals surface area (Å²) in [5, 5.41) is 11.4.